The lowest BCUT2D eigenvalue weighted by Gasteiger charge is -2.27. The number of ether oxygens (including phenoxy) is 2. The van der Waals surface area contributed by atoms with E-state index in [1.54, 1.807) is 0 Å². The summed E-state index contributed by atoms with van der Waals surface area (Å²) in [5, 5.41) is 0. The number of hydrogen-bond donors (Lipinski definition) is 0. The Balaban J connectivity index is 1.82. The van der Waals surface area contributed by atoms with E-state index < -0.39 is 6.16 Å². The summed E-state index contributed by atoms with van der Waals surface area (Å²) < 4.78 is 10.2. The highest BCUT2D eigenvalue weighted by Gasteiger charge is 2.20. The molecule has 2 unspecified atom stereocenters. The van der Waals surface area contributed by atoms with Gasteiger partial charge in [-0.25, -0.2) is 4.79 Å². The molecule has 2 rings (SSSR count). The number of hydrogen-bond acceptors (Lipinski definition) is 3. The summed E-state index contributed by atoms with van der Waals surface area (Å²) in [6.07, 6.45) is 12.7. The Hall–Kier alpha value is -1.77. The van der Waals surface area contributed by atoms with E-state index in [4.69, 9.17) is 9.47 Å². The van der Waals surface area contributed by atoms with Crippen molar-refractivity contribution in [3.8, 4) is 5.75 Å². The van der Waals surface area contributed by atoms with E-state index in [2.05, 4.69) is 26.8 Å². The number of unbranched alkanes of at least 4 members (excludes halogenated alkanes) is 3. The number of benzene rings is 1. The summed E-state index contributed by atoms with van der Waals surface area (Å²) in [5.74, 6) is 2.19. The number of rotatable bonds is 10. The minimum absolute atomic E-state index is 0.415. The van der Waals surface area contributed by atoms with E-state index in [-0.39, 0.29) is 0 Å². The molecular weight excluding hydrogens is 336 g/mol. The molecule has 0 bridgehead atoms. The average molecular weight is 373 g/mol. The highest BCUT2D eigenvalue weighted by atomic mass is 16.7. The van der Waals surface area contributed by atoms with Gasteiger partial charge in [-0.3, -0.25) is 0 Å². The van der Waals surface area contributed by atoms with Crippen molar-refractivity contribution in [3.05, 3.63) is 35.9 Å². The number of carbonyl (C=O) groups excluding carboxylic acids is 1. The van der Waals surface area contributed by atoms with E-state index in [1.807, 2.05) is 24.3 Å². The molecule has 0 amide bonds. The van der Waals surface area contributed by atoms with E-state index in [9.17, 15) is 4.79 Å². The molecule has 150 valence electrons. The Bertz CT molecular complexity index is 588. The van der Waals surface area contributed by atoms with Gasteiger partial charge in [-0.05, 0) is 60.8 Å². The molecule has 0 saturated heterocycles. The van der Waals surface area contributed by atoms with Crippen LogP contribution >= 0.6 is 0 Å². The van der Waals surface area contributed by atoms with Crippen LogP contribution in [0.1, 0.15) is 84.1 Å². The second kappa shape index (κ2) is 11.8. The molecular formula is C24H36O3. The monoisotopic (exact) mass is 372 g/mol. The number of allylic oxidation sites excluding steroid dienone is 2. The normalized spacial score (nSPS) is 17.9. The maximum absolute atomic E-state index is 11.6. The first-order valence-electron chi connectivity index (χ1n) is 10.8. The van der Waals surface area contributed by atoms with Crippen molar-refractivity contribution in [2.45, 2.75) is 78.6 Å². The van der Waals surface area contributed by atoms with Crippen LogP contribution in [0, 0.1) is 11.8 Å². The molecule has 0 radical (unpaired) electrons. The lowest BCUT2D eigenvalue weighted by Crippen LogP contribution is -2.14. The Morgan fingerprint density at radius 2 is 1.85 bits per heavy atom. The van der Waals surface area contributed by atoms with Crippen molar-refractivity contribution < 1.29 is 14.3 Å². The Kier molecular flexibility index (Phi) is 9.44. The summed E-state index contributed by atoms with van der Waals surface area (Å²) in [6.45, 7) is 7.16. The maximum atomic E-state index is 11.6. The maximum Gasteiger partial charge on any atom is 0.513 e. The zero-order valence-corrected chi connectivity index (χ0v) is 17.3. The summed E-state index contributed by atoms with van der Waals surface area (Å²) in [6, 6.07) is 7.81. The van der Waals surface area contributed by atoms with Crippen molar-refractivity contribution in [2.24, 2.45) is 11.8 Å². The molecule has 0 heterocycles. The predicted octanol–water partition coefficient (Wildman–Crippen LogP) is 7.40. The molecule has 1 aromatic carbocycles. The van der Waals surface area contributed by atoms with Gasteiger partial charge in [0.1, 0.15) is 5.75 Å². The third-order valence-electron chi connectivity index (χ3n) is 5.66. The van der Waals surface area contributed by atoms with Crippen molar-refractivity contribution in [1.29, 1.82) is 0 Å². The molecule has 1 aliphatic rings. The summed E-state index contributed by atoms with van der Waals surface area (Å²) >= 11 is 0. The standard InChI is InChI=1S/C24H36O3/c1-4-6-8-9-19(3)20-10-12-21(13-11-20)22-14-16-23(17-15-22)27-24(25)26-18-7-5-2/h12,14-17,19-20H,4-11,13,18H2,1-3H3. The lowest BCUT2D eigenvalue weighted by molar-refractivity contribution is 0.0978. The van der Waals surface area contributed by atoms with Crippen molar-refractivity contribution in [2.75, 3.05) is 6.61 Å². The number of carbonyl (C=O) groups is 1. The van der Waals surface area contributed by atoms with Crippen LogP contribution in [-0.2, 0) is 4.74 Å². The highest BCUT2D eigenvalue weighted by molar-refractivity contribution is 5.68. The van der Waals surface area contributed by atoms with Gasteiger partial charge < -0.3 is 9.47 Å². The molecule has 0 fully saturated rings. The van der Waals surface area contributed by atoms with Crippen LogP contribution in [0.25, 0.3) is 5.57 Å². The third kappa shape index (κ3) is 7.40. The van der Waals surface area contributed by atoms with Crippen molar-refractivity contribution >= 4 is 11.7 Å². The molecule has 27 heavy (non-hydrogen) atoms. The van der Waals surface area contributed by atoms with E-state index in [0.717, 1.165) is 31.1 Å². The largest absolute Gasteiger partial charge is 0.513 e. The highest BCUT2D eigenvalue weighted by Crippen LogP contribution is 2.36. The zero-order chi connectivity index (χ0) is 19.5. The van der Waals surface area contributed by atoms with Crippen LogP contribution in [0.15, 0.2) is 30.3 Å². The van der Waals surface area contributed by atoms with E-state index in [0.29, 0.717) is 12.4 Å². The van der Waals surface area contributed by atoms with Gasteiger partial charge in [0.25, 0.3) is 0 Å². The fourth-order valence-electron chi connectivity index (χ4n) is 3.75. The molecule has 0 aliphatic heterocycles. The second-order valence-corrected chi connectivity index (χ2v) is 7.82. The first-order chi connectivity index (χ1) is 13.1. The Morgan fingerprint density at radius 3 is 2.48 bits per heavy atom. The average Bonchev–Trinajstić information content (AvgIpc) is 2.69. The van der Waals surface area contributed by atoms with Gasteiger partial charge in [0.2, 0.25) is 0 Å². The predicted molar refractivity (Wildman–Crippen MR) is 112 cm³/mol. The molecule has 0 aromatic heterocycles. The third-order valence-corrected chi connectivity index (χ3v) is 5.66. The minimum atomic E-state index is -0.618. The molecule has 0 saturated carbocycles. The molecule has 0 spiro atoms. The first kappa shape index (κ1) is 21.5. The van der Waals surface area contributed by atoms with Gasteiger partial charge in [0.05, 0.1) is 6.61 Å². The summed E-state index contributed by atoms with van der Waals surface area (Å²) in [5.41, 5.74) is 2.66. The van der Waals surface area contributed by atoms with Crippen LogP contribution in [0.2, 0.25) is 0 Å². The van der Waals surface area contributed by atoms with Crippen LogP contribution in [0.3, 0.4) is 0 Å². The first-order valence-corrected chi connectivity index (χ1v) is 10.8. The zero-order valence-electron chi connectivity index (χ0n) is 17.3. The van der Waals surface area contributed by atoms with Gasteiger partial charge in [0, 0.05) is 0 Å². The molecule has 1 aliphatic carbocycles. The summed E-state index contributed by atoms with van der Waals surface area (Å²) in [4.78, 5) is 11.6. The van der Waals surface area contributed by atoms with Gasteiger partial charge in [-0.1, -0.05) is 71.1 Å². The van der Waals surface area contributed by atoms with Crippen molar-refractivity contribution in [1.82, 2.24) is 0 Å². The van der Waals surface area contributed by atoms with Crippen LogP contribution in [-0.4, -0.2) is 12.8 Å². The van der Waals surface area contributed by atoms with Crippen LogP contribution in [0.4, 0.5) is 4.79 Å². The van der Waals surface area contributed by atoms with Gasteiger partial charge >= 0.3 is 6.16 Å². The van der Waals surface area contributed by atoms with Gasteiger partial charge in [-0.2, -0.15) is 0 Å². The van der Waals surface area contributed by atoms with Crippen molar-refractivity contribution in [3.63, 3.8) is 0 Å². The molecule has 3 heteroatoms. The molecule has 0 N–H and O–H groups in total. The molecule has 1 aromatic rings. The fraction of sp³-hybridized carbons (Fsp3) is 0.625. The topological polar surface area (TPSA) is 35.5 Å². The lowest BCUT2D eigenvalue weighted by atomic mass is 9.78. The van der Waals surface area contributed by atoms with Gasteiger partial charge in [0.15, 0.2) is 0 Å². The fourth-order valence-corrected chi connectivity index (χ4v) is 3.75. The Labute approximate surface area is 165 Å². The van der Waals surface area contributed by atoms with Gasteiger partial charge in [-0.15, -0.1) is 0 Å². The smallest absolute Gasteiger partial charge is 0.434 e. The molecule has 3 nitrogen and oxygen atoms in total. The minimum Gasteiger partial charge on any atom is -0.434 e. The quantitative estimate of drug-likeness (QED) is 0.244. The molecule has 2 atom stereocenters. The summed E-state index contributed by atoms with van der Waals surface area (Å²) in [7, 11) is 0. The van der Waals surface area contributed by atoms with E-state index >= 15 is 0 Å². The Morgan fingerprint density at radius 1 is 1.11 bits per heavy atom. The van der Waals surface area contributed by atoms with Crippen LogP contribution in [0.5, 0.6) is 5.75 Å². The SMILES string of the molecule is CCCCCC(C)C1CC=C(c2ccc(OC(=O)OCCCC)cc2)CC1. The second-order valence-electron chi connectivity index (χ2n) is 7.82. The van der Waals surface area contributed by atoms with E-state index in [1.165, 1.54) is 49.7 Å². The van der Waals surface area contributed by atoms with Crippen LogP contribution < -0.4 is 4.74 Å².